The lowest BCUT2D eigenvalue weighted by molar-refractivity contribution is 0.589. The highest BCUT2D eigenvalue weighted by Crippen LogP contribution is 2.22. The predicted molar refractivity (Wildman–Crippen MR) is 84.5 cm³/mol. The molecule has 19 heavy (non-hydrogen) atoms. The molecule has 4 heteroatoms. The van der Waals surface area contributed by atoms with Crippen LogP contribution in [0.5, 0.6) is 0 Å². The molecule has 0 radical (unpaired) electrons. The topological polar surface area (TPSA) is 43.8 Å². The lowest BCUT2D eigenvalue weighted by Gasteiger charge is -2.14. The van der Waals surface area contributed by atoms with Crippen molar-refractivity contribution in [2.75, 3.05) is 0 Å². The Kier molecular flexibility index (Phi) is 3.90. The molecule has 1 atom stereocenters. The van der Waals surface area contributed by atoms with Crippen LogP contribution in [0.2, 0.25) is 0 Å². The zero-order valence-electron chi connectivity index (χ0n) is 12.0. The molecule has 1 aromatic carbocycles. The molecule has 2 N–H and O–H groups in total. The Bertz CT molecular complexity index is 628. The maximum Gasteiger partial charge on any atom is 0.109 e. The van der Waals surface area contributed by atoms with Gasteiger partial charge in [0.2, 0.25) is 0 Å². The van der Waals surface area contributed by atoms with Crippen molar-refractivity contribution in [3.8, 4) is 0 Å². The first kappa shape index (κ1) is 14.0. The molecular formula is C15H21N3S. The summed E-state index contributed by atoms with van der Waals surface area (Å²) in [7, 11) is 0. The molecule has 1 aromatic heterocycles. The third kappa shape index (κ3) is 2.63. The maximum absolute atomic E-state index is 5.74. The number of fused-ring (bicyclic) bond motifs is 1. The van der Waals surface area contributed by atoms with Gasteiger partial charge in [0, 0.05) is 18.9 Å². The molecule has 2 aromatic rings. The first-order chi connectivity index (χ1) is 8.93. The molecule has 1 unspecified atom stereocenters. The van der Waals surface area contributed by atoms with Gasteiger partial charge in [-0.3, -0.25) is 0 Å². The first-order valence-corrected chi connectivity index (χ1v) is 7.10. The number of benzene rings is 1. The number of imidazole rings is 1. The van der Waals surface area contributed by atoms with Gasteiger partial charge in [-0.15, -0.1) is 0 Å². The lowest BCUT2D eigenvalue weighted by Crippen LogP contribution is -2.23. The summed E-state index contributed by atoms with van der Waals surface area (Å²) in [5.41, 5.74) is 10.6. The van der Waals surface area contributed by atoms with Crippen molar-refractivity contribution >= 4 is 28.2 Å². The maximum atomic E-state index is 5.74. The monoisotopic (exact) mass is 275 g/mol. The van der Waals surface area contributed by atoms with E-state index >= 15 is 0 Å². The summed E-state index contributed by atoms with van der Waals surface area (Å²) in [6.07, 6.45) is 0.914. The Morgan fingerprint density at radius 3 is 2.58 bits per heavy atom. The van der Waals surface area contributed by atoms with Crippen LogP contribution in [0, 0.1) is 19.8 Å². The minimum absolute atomic E-state index is 0.180. The van der Waals surface area contributed by atoms with Crippen molar-refractivity contribution in [1.29, 1.82) is 0 Å². The number of hydrogen-bond donors (Lipinski definition) is 1. The summed E-state index contributed by atoms with van der Waals surface area (Å²) in [6.45, 7) is 9.25. The van der Waals surface area contributed by atoms with E-state index in [1.165, 1.54) is 16.6 Å². The van der Waals surface area contributed by atoms with Crippen LogP contribution in [0.3, 0.4) is 0 Å². The largest absolute Gasteiger partial charge is 0.393 e. The number of thiocarbonyl (C=S) groups is 1. The third-order valence-corrected chi connectivity index (χ3v) is 4.10. The average molecular weight is 275 g/mol. The van der Waals surface area contributed by atoms with Crippen LogP contribution in [0.4, 0.5) is 0 Å². The van der Waals surface area contributed by atoms with Crippen molar-refractivity contribution in [2.24, 2.45) is 11.7 Å². The quantitative estimate of drug-likeness (QED) is 0.872. The number of nitrogens with two attached hydrogens (primary N) is 1. The Hall–Kier alpha value is -1.42. The molecule has 0 bridgehead atoms. The van der Waals surface area contributed by atoms with Gasteiger partial charge in [0.15, 0.2) is 0 Å². The van der Waals surface area contributed by atoms with Crippen LogP contribution in [0.1, 0.15) is 30.8 Å². The summed E-state index contributed by atoms with van der Waals surface area (Å²) in [4.78, 5) is 5.29. The summed E-state index contributed by atoms with van der Waals surface area (Å²) in [5, 5.41) is 0. The first-order valence-electron chi connectivity index (χ1n) is 6.69. The molecule has 0 aliphatic rings. The molecule has 0 aliphatic carbocycles. The summed E-state index contributed by atoms with van der Waals surface area (Å²) in [5.74, 6) is 1.28. The van der Waals surface area contributed by atoms with Crippen LogP contribution in [-0.4, -0.2) is 14.5 Å². The molecule has 0 aliphatic heterocycles. The van der Waals surface area contributed by atoms with E-state index in [-0.39, 0.29) is 5.92 Å². The van der Waals surface area contributed by atoms with Crippen LogP contribution >= 0.6 is 12.2 Å². The zero-order valence-corrected chi connectivity index (χ0v) is 12.8. The van der Waals surface area contributed by atoms with Crippen LogP contribution < -0.4 is 5.73 Å². The van der Waals surface area contributed by atoms with E-state index in [4.69, 9.17) is 22.9 Å². The van der Waals surface area contributed by atoms with Crippen LogP contribution in [0.25, 0.3) is 11.0 Å². The lowest BCUT2D eigenvalue weighted by atomic mass is 10.1. The number of aromatic nitrogens is 2. The number of nitrogens with zero attached hydrogens (tertiary/aromatic N) is 2. The molecule has 0 saturated carbocycles. The summed E-state index contributed by atoms with van der Waals surface area (Å²) >= 11 is 5.08. The Labute approximate surface area is 119 Å². The van der Waals surface area contributed by atoms with Gasteiger partial charge in [-0.2, -0.15) is 0 Å². The molecular weight excluding hydrogens is 254 g/mol. The smallest absolute Gasteiger partial charge is 0.109 e. The fourth-order valence-electron chi connectivity index (χ4n) is 2.27. The second-order valence-corrected chi connectivity index (χ2v) is 5.69. The highest BCUT2D eigenvalue weighted by Gasteiger charge is 2.14. The molecule has 2 rings (SSSR count). The van der Waals surface area contributed by atoms with E-state index in [0.717, 1.165) is 24.3 Å². The standard InChI is InChI=1S/C15H21N3S/c1-5-14-17-12-6-9(2)10(3)7-13(12)18(14)8-11(4)15(16)19/h6-7,11H,5,8H2,1-4H3,(H2,16,19). The van der Waals surface area contributed by atoms with Crippen LogP contribution in [-0.2, 0) is 13.0 Å². The van der Waals surface area contributed by atoms with Gasteiger partial charge in [-0.25, -0.2) is 4.98 Å². The van der Waals surface area contributed by atoms with Crippen molar-refractivity contribution in [3.63, 3.8) is 0 Å². The Morgan fingerprint density at radius 2 is 2.00 bits per heavy atom. The molecule has 102 valence electrons. The molecule has 1 heterocycles. The van der Waals surface area contributed by atoms with Gasteiger partial charge in [0.25, 0.3) is 0 Å². The van der Waals surface area contributed by atoms with Gasteiger partial charge < -0.3 is 10.3 Å². The summed E-state index contributed by atoms with van der Waals surface area (Å²) in [6, 6.07) is 4.37. The predicted octanol–water partition coefficient (Wildman–Crippen LogP) is 3.14. The fourth-order valence-corrected chi connectivity index (χ4v) is 2.34. The molecule has 0 fully saturated rings. The SMILES string of the molecule is CCc1nc2cc(C)c(C)cc2n1CC(C)C(N)=S. The van der Waals surface area contributed by atoms with Crippen molar-refractivity contribution in [1.82, 2.24) is 9.55 Å². The molecule has 0 spiro atoms. The second kappa shape index (κ2) is 5.29. The van der Waals surface area contributed by atoms with E-state index in [1.54, 1.807) is 0 Å². The van der Waals surface area contributed by atoms with Crippen molar-refractivity contribution in [3.05, 3.63) is 29.1 Å². The number of aryl methyl sites for hydroxylation is 3. The highest BCUT2D eigenvalue weighted by molar-refractivity contribution is 7.80. The second-order valence-electron chi connectivity index (χ2n) is 5.22. The van der Waals surface area contributed by atoms with E-state index < -0.39 is 0 Å². The van der Waals surface area contributed by atoms with E-state index in [0.29, 0.717) is 4.99 Å². The molecule has 0 amide bonds. The minimum atomic E-state index is 0.180. The van der Waals surface area contributed by atoms with Gasteiger partial charge in [-0.05, 0) is 37.1 Å². The molecule has 3 nitrogen and oxygen atoms in total. The summed E-state index contributed by atoms with van der Waals surface area (Å²) < 4.78 is 2.26. The minimum Gasteiger partial charge on any atom is -0.393 e. The van der Waals surface area contributed by atoms with E-state index in [2.05, 4.69) is 44.4 Å². The van der Waals surface area contributed by atoms with E-state index in [9.17, 15) is 0 Å². The van der Waals surface area contributed by atoms with Gasteiger partial charge in [0.1, 0.15) is 5.82 Å². The number of hydrogen-bond acceptors (Lipinski definition) is 2. The van der Waals surface area contributed by atoms with Crippen LogP contribution in [0.15, 0.2) is 12.1 Å². The molecule has 0 saturated heterocycles. The van der Waals surface area contributed by atoms with E-state index in [1.807, 2.05) is 0 Å². The van der Waals surface area contributed by atoms with Gasteiger partial charge in [0.05, 0.1) is 16.0 Å². The fraction of sp³-hybridized carbons (Fsp3) is 0.467. The van der Waals surface area contributed by atoms with Crippen molar-refractivity contribution in [2.45, 2.75) is 40.7 Å². The normalized spacial score (nSPS) is 12.8. The Balaban J connectivity index is 2.56. The van der Waals surface area contributed by atoms with Gasteiger partial charge >= 0.3 is 0 Å². The Morgan fingerprint density at radius 1 is 1.37 bits per heavy atom. The zero-order chi connectivity index (χ0) is 14.2. The highest BCUT2D eigenvalue weighted by atomic mass is 32.1. The number of rotatable bonds is 4. The third-order valence-electron chi connectivity index (χ3n) is 3.70. The average Bonchev–Trinajstić information content (AvgIpc) is 2.67. The van der Waals surface area contributed by atoms with Gasteiger partial charge in [-0.1, -0.05) is 26.1 Å². The van der Waals surface area contributed by atoms with Crippen molar-refractivity contribution < 1.29 is 0 Å².